The van der Waals surface area contributed by atoms with Crippen LogP contribution in [-0.4, -0.2) is 13.6 Å². The molecule has 0 amide bonds. The van der Waals surface area contributed by atoms with Crippen molar-refractivity contribution >= 4 is 15.9 Å². The van der Waals surface area contributed by atoms with Gasteiger partial charge in [0.05, 0.1) is 0 Å². The number of rotatable bonds is 5. The molecule has 0 radical (unpaired) electrons. The maximum absolute atomic E-state index is 3.61. The van der Waals surface area contributed by atoms with Crippen LogP contribution in [0.4, 0.5) is 0 Å². The second-order valence-corrected chi connectivity index (χ2v) is 7.40. The summed E-state index contributed by atoms with van der Waals surface area (Å²) in [6, 6.07) is 8.88. The summed E-state index contributed by atoms with van der Waals surface area (Å²) in [4.78, 5) is 0. The lowest BCUT2D eigenvalue weighted by Gasteiger charge is -2.27. The molecule has 1 N–H and O–H groups in total. The molecule has 0 spiro atoms. The van der Waals surface area contributed by atoms with E-state index in [4.69, 9.17) is 0 Å². The molecule has 2 fully saturated rings. The average molecular weight is 322 g/mol. The molecule has 2 heteroatoms. The fourth-order valence-corrected chi connectivity index (χ4v) is 4.79. The van der Waals surface area contributed by atoms with Gasteiger partial charge in [-0.05, 0) is 74.1 Å². The standard InChI is InChI=1S/C17H24BrN/c1-19-11-16(13-3-2-4-17(18)10-13)9-15-8-12-5-6-14(15)7-12/h2-4,10,12,14-16,19H,5-9,11H2,1H3. The number of nitrogens with one attached hydrogen (secondary N) is 1. The van der Waals surface area contributed by atoms with Gasteiger partial charge in [0, 0.05) is 11.0 Å². The van der Waals surface area contributed by atoms with Crippen LogP contribution in [0.1, 0.15) is 43.6 Å². The van der Waals surface area contributed by atoms with Gasteiger partial charge in [0.15, 0.2) is 0 Å². The van der Waals surface area contributed by atoms with E-state index in [2.05, 4.69) is 52.6 Å². The third-order valence-corrected chi connectivity index (χ3v) is 5.74. The van der Waals surface area contributed by atoms with E-state index in [1.165, 1.54) is 42.1 Å². The Labute approximate surface area is 125 Å². The van der Waals surface area contributed by atoms with Crippen molar-refractivity contribution in [2.24, 2.45) is 17.8 Å². The van der Waals surface area contributed by atoms with Crippen molar-refractivity contribution in [2.75, 3.05) is 13.6 Å². The lowest BCUT2D eigenvalue weighted by Crippen LogP contribution is -2.22. The van der Waals surface area contributed by atoms with Gasteiger partial charge in [-0.1, -0.05) is 34.5 Å². The Morgan fingerprint density at radius 1 is 1.32 bits per heavy atom. The van der Waals surface area contributed by atoms with Crippen LogP contribution in [-0.2, 0) is 0 Å². The van der Waals surface area contributed by atoms with Gasteiger partial charge in [0.25, 0.3) is 0 Å². The first-order valence-corrected chi connectivity index (χ1v) is 8.45. The van der Waals surface area contributed by atoms with Crippen LogP contribution in [0.2, 0.25) is 0 Å². The molecule has 19 heavy (non-hydrogen) atoms. The van der Waals surface area contributed by atoms with Gasteiger partial charge in [0.2, 0.25) is 0 Å². The van der Waals surface area contributed by atoms with Crippen molar-refractivity contribution in [3.8, 4) is 0 Å². The number of hydrogen-bond donors (Lipinski definition) is 1. The number of halogens is 1. The van der Waals surface area contributed by atoms with Gasteiger partial charge in [0.1, 0.15) is 0 Å². The molecule has 1 aromatic rings. The maximum atomic E-state index is 3.61. The van der Waals surface area contributed by atoms with Gasteiger partial charge < -0.3 is 5.32 Å². The van der Waals surface area contributed by atoms with E-state index in [0.717, 1.165) is 24.3 Å². The highest BCUT2D eigenvalue weighted by Gasteiger charge is 2.40. The molecule has 2 saturated carbocycles. The van der Waals surface area contributed by atoms with Crippen LogP contribution in [0.5, 0.6) is 0 Å². The summed E-state index contributed by atoms with van der Waals surface area (Å²) in [6.07, 6.45) is 7.40. The Kier molecular flexibility index (Phi) is 4.28. The minimum absolute atomic E-state index is 0.673. The van der Waals surface area contributed by atoms with Crippen molar-refractivity contribution in [3.05, 3.63) is 34.3 Å². The van der Waals surface area contributed by atoms with Crippen LogP contribution >= 0.6 is 15.9 Å². The van der Waals surface area contributed by atoms with Crippen molar-refractivity contribution in [1.82, 2.24) is 5.32 Å². The average Bonchev–Trinajstić information content (AvgIpc) is 3.00. The van der Waals surface area contributed by atoms with E-state index < -0.39 is 0 Å². The molecule has 0 aromatic heterocycles. The van der Waals surface area contributed by atoms with E-state index in [-0.39, 0.29) is 0 Å². The summed E-state index contributed by atoms with van der Waals surface area (Å²) < 4.78 is 1.21. The van der Waals surface area contributed by atoms with E-state index in [1.807, 2.05) is 0 Å². The Bertz CT molecular complexity index is 431. The summed E-state index contributed by atoms with van der Waals surface area (Å²) in [6.45, 7) is 1.10. The van der Waals surface area contributed by atoms with Gasteiger partial charge in [-0.25, -0.2) is 0 Å². The molecule has 2 bridgehead atoms. The molecular weight excluding hydrogens is 298 g/mol. The fourth-order valence-electron chi connectivity index (χ4n) is 4.37. The zero-order chi connectivity index (χ0) is 13.2. The number of hydrogen-bond acceptors (Lipinski definition) is 1. The van der Waals surface area contributed by atoms with Gasteiger partial charge in [-0.15, -0.1) is 0 Å². The van der Waals surface area contributed by atoms with Crippen molar-refractivity contribution < 1.29 is 0 Å². The van der Waals surface area contributed by atoms with E-state index in [0.29, 0.717) is 5.92 Å². The maximum Gasteiger partial charge on any atom is 0.0178 e. The lowest BCUT2D eigenvalue weighted by atomic mass is 9.80. The van der Waals surface area contributed by atoms with Crippen molar-refractivity contribution in [3.63, 3.8) is 0 Å². The molecule has 1 nitrogen and oxygen atoms in total. The SMILES string of the molecule is CNCC(CC1CC2CCC1C2)c1cccc(Br)c1. The third kappa shape index (κ3) is 3.05. The normalized spacial score (nSPS) is 30.7. The Balaban J connectivity index is 1.70. The predicted octanol–water partition coefficient (Wildman–Crippen LogP) is 4.58. The first-order chi connectivity index (χ1) is 9.26. The zero-order valence-electron chi connectivity index (χ0n) is 11.7. The highest BCUT2D eigenvalue weighted by Crippen LogP contribution is 2.51. The van der Waals surface area contributed by atoms with E-state index >= 15 is 0 Å². The van der Waals surface area contributed by atoms with Gasteiger partial charge >= 0.3 is 0 Å². The first kappa shape index (κ1) is 13.6. The van der Waals surface area contributed by atoms with E-state index in [1.54, 1.807) is 0 Å². The highest BCUT2D eigenvalue weighted by atomic mass is 79.9. The molecule has 104 valence electrons. The second-order valence-electron chi connectivity index (χ2n) is 6.48. The zero-order valence-corrected chi connectivity index (χ0v) is 13.3. The quantitative estimate of drug-likeness (QED) is 0.837. The smallest absolute Gasteiger partial charge is 0.0178 e. The highest BCUT2D eigenvalue weighted by molar-refractivity contribution is 9.10. The third-order valence-electron chi connectivity index (χ3n) is 5.24. The number of benzene rings is 1. The van der Waals surface area contributed by atoms with Crippen LogP contribution in [0.15, 0.2) is 28.7 Å². The molecule has 0 heterocycles. The molecular formula is C17H24BrN. The molecule has 4 atom stereocenters. The summed E-state index contributed by atoms with van der Waals surface area (Å²) in [7, 11) is 2.08. The molecule has 3 rings (SSSR count). The van der Waals surface area contributed by atoms with Crippen LogP contribution in [0.25, 0.3) is 0 Å². The van der Waals surface area contributed by atoms with Crippen molar-refractivity contribution in [2.45, 2.75) is 38.0 Å². The summed E-state index contributed by atoms with van der Waals surface area (Å²) in [5, 5.41) is 3.39. The second kappa shape index (κ2) is 5.97. The Morgan fingerprint density at radius 2 is 2.21 bits per heavy atom. The Morgan fingerprint density at radius 3 is 2.84 bits per heavy atom. The van der Waals surface area contributed by atoms with Gasteiger partial charge in [-0.2, -0.15) is 0 Å². The van der Waals surface area contributed by atoms with Crippen LogP contribution in [0, 0.1) is 17.8 Å². The monoisotopic (exact) mass is 321 g/mol. The van der Waals surface area contributed by atoms with Gasteiger partial charge in [-0.3, -0.25) is 0 Å². The number of likely N-dealkylation sites (N-methyl/N-ethyl adjacent to an activating group) is 1. The summed E-state index contributed by atoms with van der Waals surface area (Å²) >= 11 is 3.61. The van der Waals surface area contributed by atoms with Crippen LogP contribution in [0.3, 0.4) is 0 Å². The largest absolute Gasteiger partial charge is 0.319 e. The summed E-state index contributed by atoms with van der Waals surface area (Å²) in [5.41, 5.74) is 1.49. The lowest BCUT2D eigenvalue weighted by molar-refractivity contribution is 0.292. The minimum Gasteiger partial charge on any atom is -0.319 e. The molecule has 0 aliphatic heterocycles. The first-order valence-electron chi connectivity index (χ1n) is 7.66. The Hall–Kier alpha value is -0.340. The minimum atomic E-state index is 0.673. The molecule has 1 aromatic carbocycles. The van der Waals surface area contributed by atoms with Crippen molar-refractivity contribution in [1.29, 1.82) is 0 Å². The fraction of sp³-hybridized carbons (Fsp3) is 0.647. The predicted molar refractivity (Wildman–Crippen MR) is 84.4 cm³/mol. The number of fused-ring (bicyclic) bond motifs is 2. The van der Waals surface area contributed by atoms with Crippen LogP contribution < -0.4 is 5.32 Å². The molecule has 2 aliphatic carbocycles. The molecule has 0 saturated heterocycles. The topological polar surface area (TPSA) is 12.0 Å². The summed E-state index contributed by atoms with van der Waals surface area (Å²) in [5.74, 6) is 3.76. The molecule has 2 aliphatic rings. The van der Waals surface area contributed by atoms with E-state index in [9.17, 15) is 0 Å². The molecule has 4 unspecified atom stereocenters.